The summed E-state index contributed by atoms with van der Waals surface area (Å²) in [6.45, 7) is 2.53. The molecule has 1 heterocycles. The van der Waals surface area contributed by atoms with E-state index in [1.165, 1.54) is 23.2 Å². The second-order valence-corrected chi connectivity index (χ2v) is 7.71. The number of rotatable bonds is 11. The Morgan fingerprint density at radius 1 is 1.11 bits per heavy atom. The van der Waals surface area contributed by atoms with Crippen LogP contribution in [0.25, 0.3) is 0 Å². The summed E-state index contributed by atoms with van der Waals surface area (Å²) in [5.74, 6) is 0.944. The van der Waals surface area contributed by atoms with Gasteiger partial charge in [-0.1, -0.05) is 42.5 Å². The molecular formula is C22H29NO3S. The number of aliphatic hydroxyl groups is 1. The first-order chi connectivity index (χ1) is 13.3. The van der Waals surface area contributed by atoms with Crippen LogP contribution in [-0.4, -0.2) is 37.5 Å². The number of hydrogen-bond acceptors (Lipinski definition) is 5. The van der Waals surface area contributed by atoms with E-state index in [2.05, 4.69) is 35.6 Å². The Labute approximate surface area is 166 Å². The molecule has 27 heavy (non-hydrogen) atoms. The van der Waals surface area contributed by atoms with Crippen LogP contribution in [0.3, 0.4) is 0 Å². The molecule has 2 N–H and O–H groups in total. The number of fused-ring (bicyclic) bond motifs is 1. The molecule has 0 aliphatic carbocycles. The van der Waals surface area contributed by atoms with Crippen LogP contribution < -0.4 is 10.1 Å². The molecule has 0 fully saturated rings. The van der Waals surface area contributed by atoms with Crippen LogP contribution in [0.2, 0.25) is 0 Å². The molecule has 2 aromatic rings. The number of hydrogen-bond donors (Lipinski definition) is 2. The van der Waals surface area contributed by atoms with Crippen molar-refractivity contribution in [1.82, 2.24) is 5.32 Å². The van der Waals surface area contributed by atoms with Gasteiger partial charge in [-0.15, -0.1) is 0 Å². The first-order valence-corrected chi connectivity index (χ1v) is 10.5. The molecule has 1 aliphatic rings. The van der Waals surface area contributed by atoms with Gasteiger partial charge in [-0.2, -0.15) is 0 Å². The van der Waals surface area contributed by atoms with E-state index in [9.17, 15) is 5.11 Å². The molecule has 5 heteroatoms. The van der Waals surface area contributed by atoms with Gasteiger partial charge >= 0.3 is 0 Å². The number of aliphatic hydroxyl groups excluding tert-OH is 1. The molecule has 3 rings (SSSR count). The molecule has 0 amide bonds. The van der Waals surface area contributed by atoms with Gasteiger partial charge in [-0.05, 0) is 55.8 Å². The SMILES string of the molecule is OC(CNCCCCc1ccccc1)COSc1cccc2c1OCCC2. The normalized spacial score (nSPS) is 14.4. The maximum atomic E-state index is 10.1. The largest absolute Gasteiger partial charge is 0.492 e. The van der Waals surface area contributed by atoms with Gasteiger partial charge in [0.25, 0.3) is 0 Å². The summed E-state index contributed by atoms with van der Waals surface area (Å²) in [4.78, 5) is 0.994. The van der Waals surface area contributed by atoms with Gasteiger partial charge in [0.05, 0.1) is 24.2 Å². The fourth-order valence-electron chi connectivity index (χ4n) is 3.15. The zero-order chi connectivity index (χ0) is 18.7. The van der Waals surface area contributed by atoms with Crippen LogP contribution in [0.4, 0.5) is 0 Å². The maximum Gasteiger partial charge on any atom is 0.138 e. The number of unbranched alkanes of at least 4 members (excludes halogenated alkanes) is 1. The molecule has 0 saturated heterocycles. The minimum Gasteiger partial charge on any atom is -0.492 e. The molecule has 4 nitrogen and oxygen atoms in total. The van der Waals surface area contributed by atoms with Crippen molar-refractivity contribution in [2.24, 2.45) is 0 Å². The topological polar surface area (TPSA) is 50.7 Å². The predicted molar refractivity (Wildman–Crippen MR) is 110 cm³/mol. The highest BCUT2D eigenvalue weighted by Gasteiger charge is 2.15. The molecule has 0 saturated carbocycles. The molecule has 1 unspecified atom stereocenters. The molecule has 1 aliphatic heterocycles. The van der Waals surface area contributed by atoms with E-state index in [1.54, 1.807) is 0 Å². The van der Waals surface area contributed by atoms with Gasteiger partial charge in [0.2, 0.25) is 0 Å². The zero-order valence-corrected chi connectivity index (χ0v) is 16.5. The highest BCUT2D eigenvalue weighted by Crippen LogP contribution is 2.36. The van der Waals surface area contributed by atoms with Crippen molar-refractivity contribution in [1.29, 1.82) is 0 Å². The van der Waals surface area contributed by atoms with Crippen molar-refractivity contribution >= 4 is 12.0 Å². The smallest absolute Gasteiger partial charge is 0.138 e. The van der Waals surface area contributed by atoms with Gasteiger partial charge < -0.3 is 19.3 Å². The van der Waals surface area contributed by atoms with Crippen LogP contribution in [0, 0.1) is 0 Å². The molecule has 2 aromatic carbocycles. The summed E-state index contributed by atoms with van der Waals surface area (Å²) >= 11 is 1.30. The Morgan fingerprint density at radius 3 is 2.89 bits per heavy atom. The number of ether oxygens (including phenoxy) is 1. The summed E-state index contributed by atoms with van der Waals surface area (Å²) < 4.78 is 11.4. The van der Waals surface area contributed by atoms with Crippen LogP contribution in [-0.2, 0) is 17.0 Å². The average molecular weight is 388 g/mol. The summed E-state index contributed by atoms with van der Waals surface area (Å²) in [7, 11) is 0. The third-order valence-corrected chi connectivity index (χ3v) is 5.35. The molecule has 0 aromatic heterocycles. The summed E-state index contributed by atoms with van der Waals surface area (Å²) in [5.41, 5.74) is 2.63. The second-order valence-electron chi connectivity index (χ2n) is 6.86. The van der Waals surface area contributed by atoms with Crippen LogP contribution in [0.5, 0.6) is 5.75 Å². The van der Waals surface area contributed by atoms with E-state index in [4.69, 9.17) is 8.92 Å². The number of para-hydroxylation sites is 1. The first kappa shape index (κ1) is 20.2. The first-order valence-electron chi connectivity index (χ1n) is 9.80. The Hall–Kier alpha value is -1.53. The van der Waals surface area contributed by atoms with E-state index < -0.39 is 6.10 Å². The highest BCUT2D eigenvalue weighted by atomic mass is 32.2. The van der Waals surface area contributed by atoms with E-state index in [0.717, 1.165) is 55.9 Å². The fourth-order valence-corrected chi connectivity index (χ4v) is 3.90. The van der Waals surface area contributed by atoms with Crippen molar-refractivity contribution in [3.8, 4) is 5.75 Å². The Kier molecular flexibility index (Phi) is 8.49. The summed E-state index contributed by atoms with van der Waals surface area (Å²) in [6, 6.07) is 16.7. The highest BCUT2D eigenvalue weighted by molar-refractivity contribution is 7.94. The Bertz CT molecular complexity index is 681. The van der Waals surface area contributed by atoms with E-state index in [1.807, 2.05) is 18.2 Å². The minimum absolute atomic E-state index is 0.297. The van der Waals surface area contributed by atoms with E-state index >= 15 is 0 Å². The summed E-state index contributed by atoms with van der Waals surface area (Å²) in [5, 5.41) is 13.4. The quantitative estimate of drug-likeness (QED) is 0.451. The van der Waals surface area contributed by atoms with Crippen molar-refractivity contribution in [3.05, 3.63) is 59.7 Å². The second kappa shape index (κ2) is 11.3. The lowest BCUT2D eigenvalue weighted by molar-refractivity contribution is 0.117. The molecule has 0 spiro atoms. The number of aryl methyl sites for hydroxylation is 2. The zero-order valence-electron chi connectivity index (χ0n) is 15.7. The van der Waals surface area contributed by atoms with Gasteiger partial charge in [-0.3, -0.25) is 0 Å². The standard InChI is InChI=1S/C22H29NO3S/c24-20(16-23-14-5-4-10-18-8-2-1-3-9-18)17-26-27-21-13-6-11-19-12-7-15-25-22(19)21/h1-3,6,8-9,11,13,20,23-24H,4-5,7,10,12,14-17H2. The molecular weight excluding hydrogens is 358 g/mol. The molecule has 1 atom stereocenters. The van der Waals surface area contributed by atoms with Crippen molar-refractivity contribution < 1.29 is 14.0 Å². The monoisotopic (exact) mass is 387 g/mol. The third kappa shape index (κ3) is 6.85. The van der Waals surface area contributed by atoms with Crippen LogP contribution in [0.1, 0.15) is 30.4 Å². The van der Waals surface area contributed by atoms with Crippen LogP contribution >= 0.6 is 12.0 Å². The molecule has 0 radical (unpaired) electrons. The third-order valence-electron chi connectivity index (χ3n) is 4.60. The Balaban J connectivity index is 1.25. The summed E-state index contributed by atoms with van der Waals surface area (Å²) in [6.07, 6.45) is 4.97. The lowest BCUT2D eigenvalue weighted by Crippen LogP contribution is -2.30. The minimum atomic E-state index is -0.507. The maximum absolute atomic E-state index is 10.1. The molecule has 146 valence electrons. The van der Waals surface area contributed by atoms with Gasteiger partial charge in [0, 0.05) is 18.6 Å². The van der Waals surface area contributed by atoms with Gasteiger partial charge in [0.15, 0.2) is 0 Å². The lowest BCUT2D eigenvalue weighted by atomic mass is 10.1. The van der Waals surface area contributed by atoms with E-state index in [-0.39, 0.29) is 0 Å². The molecule has 0 bridgehead atoms. The van der Waals surface area contributed by atoms with Crippen molar-refractivity contribution in [2.45, 2.75) is 43.1 Å². The average Bonchev–Trinajstić information content (AvgIpc) is 2.71. The number of nitrogens with one attached hydrogen (secondary N) is 1. The van der Waals surface area contributed by atoms with Crippen LogP contribution in [0.15, 0.2) is 53.4 Å². The van der Waals surface area contributed by atoms with Crippen molar-refractivity contribution in [3.63, 3.8) is 0 Å². The number of benzene rings is 2. The fraction of sp³-hybridized carbons (Fsp3) is 0.455. The Morgan fingerprint density at radius 2 is 2.00 bits per heavy atom. The van der Waals surface area contributed by atoms with Crippen molar-refractivity contribution in [2.75, 3.05) is 26.3 Å². The van der Waals surface area contributed by atoms with E-state index in [0.29, 0.717) is 13.2 Å². The predicted octanol–water partition coefficient (Wildman–Crippen LogP) is 4.01. The van der Waals surface area contributed by atoms with Gasteiger partial charge in [0.1, 0.15) is 5.75 Å². The van der Waals surface area contributed by atoms with Gasteiger partial charge in [-0.25, -0.2) is 0 Å². The lowest BCUT2D eigenvalue weighted by Gasteiger charge is -2.19.